The van der Waals surface area contributed by atoms with Gasteiger partial charge < -0.3 is 5.32 Å². The average Bonchev–Trinajstić information content (AvgIpc) is 3.03. The van der Waals surface area contributed by atoms with E-state index >= 15 is 0 Å². The highest BCUT2D eigenvalue weighted by Crippen LogP contribution is 2.27. The Morgan fingerprint density at radius 1 is 1.18 bits per heavy atom. The van der Waals surface area contributed by atoms with Crippen molar-refractivity contribution in [2.24, 2.45) is 5.10 Å². The third kappa shape index (κ3) is 3.63. The van der Waals surface area contributed by atoms with Crippen molar-refractivity contribution in [1.82, 2.24) is 4.98 Å². The van der Waals surface area contributed by atoms with Gasteiger partial charge in [-0.25, -0.2) is 9.99 Å². The van der Waals surface area contributed by atoms with Gasteiger partial charge in [0.25, 0.3) is 5.91 Å². The Morgan fingerprint density at radius 3 is 2.79 bits per heavy atom. The summed E-state index contributed by atoms with van der Waals surface area (Å²) in [6.07, 6.45) is 0.507. The van der Waals surface area contributed by atoms with Gasteiger partial charge >= 0.3 is 0 Å². The second kappa shape index (κ2) is 7.33. The molecular weight excluding hydrogens is 396 g/mol. The summed E-state index contributed by atoms with van der Waals surface area (Å²) in [5, 5.41) is 9.92. The summed E-state index contributed by atoms with van der Waals surface area (Å²) in [5.41, 5.74) is 3.34. The maximum Gasteiger partial charge on any atom is 0.271 e. The number of thiazole rings is 1. The Morgan fingerprint density at radius 2 is 2.00 bits per heavy atom. The molecule has 0 atom stereocenters. The Balaban J connectivity index is 1.58. The van der Waals surface area contributed by atoms with Crippen molar-refractivity contribution < 1.29 is 9.59 Å². The van der Waals surface area contributed by atoms with Crippen LogP contribution in [0.25, 0.3) is 10.2 Å². The summed E-state index contributed by atoms with van der Waals surface area (Å²) in [6, 6.07) is 10.8. The first-order valence-electron chi connectivity index (χ1n) is 8.76. The van der Waals surface area contributed by atoms with Crippen LogP contribution < -0.4 is 10.3 Å². The number of halogens is 1. The molecule has 0 unspecified atom stereocenters. The van der Waals surface area contributed by atoms with Crippen molar-refractivity contribution in [3.05, 3.63) is 52.0 Å². The number of hydrogen-bond donors (Lipinski definition) is 1. The molecule has 2 aromatic carbocycles. The Kier molecular flexibility index (Phi) is 4.87. The number of anilines is 2. The fraction of sp³-hybridized carbons (Fsp3) is 0.200. The molecule has 1 aromatic heterocycles. The lowest BCUT2D eigenvalue weighted by Gasteiger charge is -2.23. The minimum Gasteiger partial charge on any atom is -0.321 e. The molecule has 2 amide bonds. The summed E-state index contributed by atoms with van der Waals surface area (Å²) in [5.74, 6) is -0.491. The maximum absolute atomic E-state index is 12.7. The highest BCUT2D eigenvalue weighted by atomic mass is 35.5. The molecule has 6 nitrogen and oxygen atoms in total. The third-order valence-corrected chi connectivity index (χ3v) is 5.79. The van der Waals surface area contributed by atoms with Crippen LogP contribution >= 0.6 is 22.9 Å². The van der Waals surface area contributed by atoms with E-state index in [9.17, 15) is 9.59 Å². The minimum absolute atomic E-state index is 0.168. The number of nitrogens with zero attached hydrogens (tertiary/aromatic N) is 3. The molecule has 0 fully saturated rings. The van der Waals surface area contributed by atoms with Gasteiger partial charge in [0.1, 0.15) is 5.71 Å². The number of hydrogen-bond acceptors (Lipinski definition) is 5. The van der Waals surface area contributed by atoms with Gasteiger partial charge in [-0.2, -0.15) is 5.10 Å². The first kappa shape index (κ1) is 18.6. The fourth-order valence-corrected chi connectivity index (χ4v) is 3.99. The molecule has 1 aliphatic rings. The zero-order chi connectivity index (χ0) is 19.8. The van der Waals surface area contributed by atoms with Crippen LogP contribution in [-0.2, 0) is 9.59 Å². The second-order valence-electron chi connectivity index (χ2n) is 6.56. The van der Waals surface area contributed by atoms with E-state index in [4.69, 9.17) is 11.6 Å². The Hall–Kier alpha value is -2.77. The molecular formula is C20H17ClN4O2S. The predicted octanol–water partition coefficient (Wildman–Crippen LogP) is 4.69. The topological polar surface area (TPSA) is 74.7 Å². The maximum atomic E-state index is 12.7. The molecule has 28 heavy (non-hydrogen) atoms. The van der Waals surface area contributed by atoms with Gasteiger partial charge in [0, 0.05) is 23.6 Å². The molecule has 8 heteroatoms. The predicted molar refractivity (Wildman–Crippen MR) is 113 cm³/mol. The highest BCUT2D eigenvalue weighted by molar-refractivity contribution is 7.18. The normalized spacial score (nSPS) is 14.3. The lowest BCUT2D eigenvalue weighted by Crippen LogP contribution is -2.36. The van der Waals surface area contributed by atoms with Gasteiger partial charge in [-0.15, -0.1) is 11.3 Å². The summed E-state index contributed by atoms with van der Waals surface area (Å²) >= 11 is 7.74. The molecule has 0 saturated carbocycles. The second-order valence-corrected chi connectivity index (χ2v) is 8.20. The van der Waals surface area contributed by atoms with Crippen LogP contribution in [-0.4, -0.2) is 22.5 Å². The Bertz CT molecular complexity index is 1140. The number of carbonyl (C=O) groups is 2. The van der Waals surface area contributed by atoms with Crippen molar-refractivity contribution in [3.8, 4) is 0 Å². The molecule has 0 saturated heterocycles. The lowest BCUT2D eigenvalue weighted by molar-refractivity contribution is -0.118. The first-order valence-corrected chi connectivity index (χ1v) is 9.95. The van der Waals surface area contributed by atoms with Crippen LogP contribution in [0.3, 0.4) is 0 Å². The third-order valence-electron chi connectivity index (χ3n) is 4.45. The molecule has 0 aliphatic carbocycles. The monoisotopic (exact) mass is 412 g/mol. The lowest BCUT2D eigenvalue weighted by atomic mass is 10.1. The zero-order valence-corrected chi connectivity index (χ0v) is 16.9. The standard InChI is InChI=1S/C20H17ClN4O2S/c1-11-3-5-14(10-15(11)21)25-19(26)8-7-17(24-25)20(27)23-13-4-6-16-18(9-13)28-12(2)22-16/h3-6,9-10H,7-8H2,1-2H3,(H,23,27). The van der Waals surface area contributed by atoms with E-state index in [0.717, 1.165) is 20.8 Å². The molecule has 1 aliphatic heterocycles. The Labute approximate surface area is 170 Å². The number of carbonyl (C=O) groups excluding carboxylic acids is 2. The van der Waals surface area contributed by atoms with Crippen LogP contribution in [0.15, 0.2) is 41.5 Å². The summed E-state index contributed by atoms with van der Waals surface area (Å²) in [7, 11) is 0. The van der Waals surface area contributed by atoms with Gasteiger partial charge in [0.2, 0.25) is 5.91 Å². The summed E-state index contributed by atoms with van der Waals surface area (Å²) < 4.78 is 1.01. The van der Waals surface area contributed by atoms with Crippen LogP contribution in [0.5, 0.6) is 0 Å². The molecule has 2 heterocycles. The number of aryl methyl sites for hydroxylation is 2. The van der Waals surface area contributed by atoms with E-state index in [2.05, 4.69) is 15.4 Å². The van der Waals surface area contributed by atoms with E-state index in [1.165, 1.54) is 5.01 Å². The van der Waals surface area contributed by atoms with E-state index in [-0.39, 0.29) is 18.2 Å². The number of benzene rings is 2. The SMILES string of the molecule is Cc1nc2ccc(NC(=O)C3=NN(c4ccc(C)c(Cl)c4)C(=O)CC3)cc2s1. The number of nitrogens with one attached hydrogen (secondary N) is 1. The minimum atomic E-state index is -0.323. The summed E-state index contributed by atoms with van der Waals surface area (Å²) in [6.45, 7) is 3.83. The smallest absolute Gasteiger partial charge is 0.271 e. The quantitative estimate of drug-likeness (QED) is 0.678. The number of aromatic nitrogens is 1. The van der Waals surface area contributed by atoms with E-state index in [1.807, 2.05) is 38.1 Å². The van der Waals surface area contributed by atoms with Gasteiger partial charge in [-0.1, -0.05) is 17.7 Å². The number of fused-ring (bicyclic) bond motifs is 1. The summed E-state index contributed by atoms with van der Waals surface area (Å²) in [4.78, 5) is 29.4. The van der Waals surface area contributed by atoms with Crippen molar-refractivity contribution >= 4 is 62.1 Å². The van der Waals surface area contributed by atoms with Gasteiger partial charge in [-0.3, -0.25) is 9.59 Å². The first-order chi connectivity index (χ1) is 13.4. The van der Waals surface area contributed by atoms with Crippen molar-refractivity contribution in [2.45, 2.75) is 26.7 Å². The molecule has 0 spiro atoms. The molecule has 4 rings (SSSR count). The van der Waals surface area contributed by atoms with Crippen molar-refractivity contribution in [1.29, 1.82) is 0 Å². The molecule has 142 valence electrons. The average molecular weight is 413 g/mol. The van der Waals surface area contributed by atoms with Gasteiger partial charge in [0.05, 0.1) is 20.9 Å². The largest absolute Gasteiger partial charge is 0.321 e. The van der Waals surface area contributed by atoms with E-state index < -0.39 is 0 Å². The van der Waals surface area contributed by atoms with Gasteiger partial charge in [-0.05, 0) is 49.7 Å². The molecule has 0 bridgehead atoms. The van der Waals surface area contributed by atoms with Crippen molar-refractivity contribution in [2.75, 3.05) is 10.3 Å². The van der Waals surface area contributed by atoms with Crippen LogP contribution in [0.2, 0.25) is 5.02 Å². The van der Waals surface area contributed by atoms with Crippen LogP contribution in [0.1, 0.15) is 23.4 Å². The number of hydrazone groups is 1. The molecule has 1 N–H and O–H groups in total. The fourth-order valence-electron chi connectivity index (χ4n) is 2.95. The van der Waals surface area contributed by atoms with Gasteiger partial charge in [0.15, 0.2) is 0 Å². The van der Waals surface area contributed by atoms with Crippen molar-refractivity contribution in [3.63, 3.8) is 0 Å². The van der Waals surface area contributed by atoms with E-state index in [1.54, 1.807) is 23.5 Å². The van der Waals surface area contributed by atoms with Crippen LogP contribution in [0.4, 0.5) is 11.4 Å². The van der Waals surface area contributed by atoms with Crippen LogP contribution in [0, 0.1) is 13.8 Å². The van der Waals surface area contributed by atoms with E-state index in [0.29, 0.717) is 28.5 Å². The number of amides is 2. The molecule has 0 radical (unpaired) electrons. The number of rotatable bonds is 3. The zero-order valence-electron chi connectivity index (χ0n) is 15.3. The molecule has 3 aromatic rings. The highest BCUT2D eigenvalue weighted by Gasteiger charge is 2.26.